The Labute approximate surface area is 115 Å². The van der Waals surface area contributed by atoms with E-state index in [1.165, 1.54) is 0 Å². The highest BCUT2D eigenvalue weighted by Gasteiger charge is 2.60. The lowest BCUT2D eigenvalue weighted by atomic mass is 9.81. The molecule has 2 rings (SSSR count). The lowest BCUT2D eigenvalue weighted by Gasteiger charge is -2.37. The number of hydrogen-bond donors (Lipinski definition) is 3. The molecule has 0 aliphatic carbocycles. The van der Waals surface area contributed by atoms with Crippen LogP contribution in [0.4, 0.5) is 0 Å². The van der Waals surface area contributed by atoms with Crippen molar-refractivity contribution in [2.24, 2.45) is 11.8 Å². The first-order chi connectivity index (χ1) is 9.03. The Bertz CT molecular complexity index is 370. The number of aliphatic hydroxyl groups is 2. The van der Waals surface area contributed by atoms with Crippen LogP contribution in [0, 0.1) is 11.8 Å². The Balaban J connectivity index is 0.00000200. The molecule has 5 atom stereocenters. The van der Waals surface area contributed by atoms with Gasteiger partial charge in [-0.1, -0.05) is 12.2 Å². The quantitative estimate of drug-likeness (QED) is 0.384. The molecule has 116 valence electrons. The lowest BCUT2D eigenvalue weighted by molar-refractivity contribution is -0.392. The van der Waals surface area contributed by atoms with Gasteiger partial charge in [-0.3, -0.25) is 4.79 Å². The van der Waals surface area contributed by atoms with Crippen LogP contribution in [0.5, 0.6) is 0 Å². The topological polar surface area (TPSA) is 137 Å². The molecule has 5 unspecified atom stereocenters. The van der Waals surface area contributed by atoms with E-state index in [1.54, 1.807) is 19.1 Å². The van der Waals surface area contributed by atoms with E-state index in [2.05, 4.69) is 0 Å². The zero-order valence-corrected chi connectivity index (χ0v) is 11.1. The summed E-state index contributed by atoms with van der Waals surface area (Å²) in [7, 11) is 0. The summed E-state index contributed by atoms with van der Waals surface area (Å²) in [5, 5.41) is 28.5. The third kappa shape index (κ3) is 2.85. The number of hydrogen-bond acceptors (Lipinski definition) is 6. The summed E-state index contributed by atoms with van der Waals surface area (Å²) < 4.78 is 15.8. The number of fused-ring (bicyclic) bond motifs is 2. The number of aliphatic hydroxyl groups excluding tert-OH is 1. The molecule has 0 aromatic rings. The van der Waals surface area contributed by atoms with Gasteiger partial charge in [0.1, 0.15) is 0 Å². The van der Waals surface area contributed by atoms with Crippen molar-refractivity contribution >= 4 is 5.97 Å². The van der Waals surface area contributed by atoms with Crippen molar-refractivity contribution in [3.05, 3.63) is 12.2 Å². The summed E-state index contributed by atoms with van der Waals surface area (Å²) in [5.41, 5.74) is 0. The van der Waals surface area contributed by atoms with Gasteiger partial charge in [0.05, 0.1) is 37.3 Å². The van der Waals surface area contributed by atoms with E-state index in [0.717, 1.165) is 0 Å². The maximum absolute atomic E-state index is 11.3. The van der Waals surface area contributed by atoms with Crippen molar-refractivity contribution < 1.29 is 39.8 Å². The second-order valence-electron chi connectivity index (χ2n) is 4.48. The highest BCUT2D eigenvalue weighted by molar-refractivity contribution is 5.73. The highest BCUT2D eigenvalue weighted by Crippen LogP contribution is 2.45. The Morgan fingerprint density at radius 1 is 1.35 bits per heavy atom. The smallest absolute Gasteiger partial charge is 0.310 e. The normalized spacial score (nSPS) is 33.8. The van der Waals surface area contributed by atoms with E-state index in [-0.39, 0.29) is 25.3 Å². The molecule has 1 saturated heterocycles. The zero-order valence-electron chi connectivity index (χ0n) is 11.1. The molecule has 8 nitrogen and oxygen atoms in total. The molecule has 2 aliphatic heterocycles. The molecule has 2 heterocycles. The van der Waals surface area contributed by atoms with E-state index in [1.807, 2.05) is 0 Å². The van der Waals surface area contributed by atoms with Crippen LogP contribution in [0.15, 0.2) is 12.2 Å². The minimum absolute atomic E-state index is 0. The van der Waals surface area contributed by atoms with E-state index in [9.17, 15) is 15.0 Å². The Morgan fingerprint density at radius 3 is 2.55 bits per heavy atom. The lowest BCUT2D eigenvalue weighted by Crippen LogP contribution is -2.52. The van der Waals surface area contributed by atoms with Gasteiger partial charge in [-0.05, 0) is 6.92 Å². The Kier molecular flexibility index (Phi) is 5.63. The minimum Gasteiger partial charge on any atom is -0.481 e. The minimum atomic E-state index is -2.08. The van der Waals surface area contributed by atoms with Crippen molar-refractivity contribution in [1.82, 2.24) is 0 Å². The van der Waals surface area contributed by atoms with E-state index < -0.39 is 36.0 Å². The second-order valence-corrected chi connectivity index (χ2v) is 4.48. The van der Waals surface area contributed by atoms with Gasteiger partial charge in [-0.2, -0.15) is 0 Å². The van der Waals surface area contributed by atoms with Crippen molar-refractivity contribution in [2.75, 3.05) is 19.8 Å². The Hall–Kier alpha value is -1.03. The van der Waals surface area contributed by atoms with Crippen LogP contribution < -0.4 is 0 Å². The van der Waals surface area contributed by atoms with Crippen molar-refractivity contribution in [2.45, 2.75) is 25.1 Å². The average molecular weight is 292 g/mol. The molecule has 2 bridgehead atoms. The summed E-state index contributed by atoms with van der Waals surface area (Å²) in [6.07, 6.45) is 2.21. The van der Waals surface area contributed by atoms with Gasteiger partial charge in [0, 0.05) is 6.61 Å². The Morgan fingerprint density at radius 2 is 2.00 bits per heavy atom. The molecular weight excluding hydrogens is 272 g/mol. The second kappa shape index (κ2) is 6.61. The van der Waals surface area contributed by atoms with Gasteiger partial charge in [0.2, 0.25) is 0 Å². The number of carboxylic acids is 1. The van der Waals surface area contributed by atoms with Crippen LogP contribution >= 0.6 is 0 Å². The SMILES string of the molecule is CCOC(O)(OCCO)C1C2C=CC(O2)C1C(=O)O.O. The van der Waals surface area contributed by atoms with Crippen LogP contribution in [-0.4, -0.2) is 64.8 Å². The average Bonchev–Trinajstić information content (AvgIpc) is 2.96. The highest BCUT2D eigenvalue weighted by atomic mass is 16.8. The summed E-state index contributed by atoms with van der Waals surface area (Å²) >= 11 is 0. The van der Waals surface area contributed by atoms with Crippen LogP contribution in [0.1, 0.15) is 6.92 Å². The predicted molar refractivity (Wildman–Crippen MR) is 65.6 cm³/mol. The first-order valence-electron chi connectivity index (χ1n) is 6.21. The van der Waals surface area contributed by atoms with Gasteiger partial charge < -0.3 is 35.0 Å². The van der Waals surface area contributed by atoms with Crippen LogP contribution in [0.25, 0.3) is 0 Å². The summed E-state index contributed by atoms with van der Waals surface area (Å²) in [5.74, 6) is -4.96. The predicted octanol–water partition coefficient (Wildman–Crippen LogP) is -1.49. The molecule has 2 aliphatic rings. The molecule has 8 heteroatoms. The van der Waals surface area contributed by atoms with Crippen LogP contribution in [0.3, 0.4) is 0 Å². The van der Waals surface area contributed by atoms with E-state index in [4.69, 9.17) is 19.3 Å². The number of carbonyl (C=O) groups is 1. The van der Waals surface area contributed by atoms with E-state index in [0.29, 0.717) is 0 Å². The van der Waals surface area contributed by atoms with Crippen molar-refractivity contribution in [3.63, 3.8) is 0 Å². The first kappa shape index (κ1) is 17.0. The van der Waals surface area contributed by atoms with Gasteiger partial charge in [-0.15, -0.1) is 0 Å². The first-order valence-corrected chi connectivity index (χ1v) is 6.21. The largest absolute Gasteiger partial charge is 0.481 e. The number of ether oxygens (including phenoxy) is 3. The molecule has 20 heavy (non-hydrogen) atoms. The molecule has 0 radical (unpaired) electrons. The van der Waals surface area contributed by atoms with Gasteiger partial charge in [0.15, 0.2) is 0 Å². The van der Waals surface area contributed by atoms with Crippen molar-refractivity contribution in [3.8, 4) is 0 Å². The molecule has 0 aromatic carbocycles. The third-order valence-corrected chi connectivity index (χ3v) is 3.36. The van der Waals surface area contributed by atoms with Gasteiger partial charge >= 0.3 is 5.97 Å². The van der Waals surface area contributed by atoms with Crippen LogP contribution in [0.2, 0.25) is 0 Å². The van der Waals surface area contributed by atoms with Gasteiger partial charge in [0.25, 0.3) is 5.97 Å². The third-order valence-electron chi connectivity index (χ3n) is 3.36. The number of aliphatic carboxylic acids is 1. The fourth-order valence-electron chi connectivity index (χ4n) is 2.67. The summed E-state index contributed by atoms with van der Waals surface area (Å²) in [4.78, 5) is 11.3. The summed E-state index contributed by atoms with van der Waals surface area (Å²) in [6.45, 7) is 1.35. The summed E-state index contributed by atoms with van der Waals surface area (Å²) in [6, 6.07) is 0. The molecule has 5 N–H and O–H groups in total. The molecule has 0 aromatic heterocycles. The maximum Gasteiger partial charge on any atom is 0.310 e. The number of rotatable bonds is 7. The molecule has 0 saturated carbocycles. The molecule has 0 spiro atoms. The van der Waals surface area contributed by atoms with Crippen molar-refractivity contribution in [1.29, 1.82) is 0 Å². The number of carboxylic acid groups (broad SMARTS) is 1. The standard InChI is InChI=1S/C12H18O7.H2O/c1-2-17-12(16,18-6-5-13)10-8-4-3-7(19-8)9(10)11(14)15;/h3-4,7-10,13,16H,2,5-6H2,1H3,(H,14,15);1H2. The van der Waals surface area contributed by atoms with E-state index >= 15 is 0 Å². The van der Waals surface area contributed by atoms with Crippen LogP contribution in [-0.2, 0) is 19.0 Å². The zero-order chi connectivity index (χ0) is 14.0. The fraction of sp³-hybridized carbons (Fsp3) is 0.750. The monoisotopic (exact) mass is 292 g/mol. The van der Waals surface area contributed by atoms with Gasteiger partial charge in [-0.25, -0.2) is 0 Å². The molecule has 1 fully saturated rings. The molecular formula is C12H20O8. The maximum atomic E-state index is 11.3. The molecule has 0 amide bonds. The fourth-order valence-corrected chi connectivity index (χ4v) is 2.67.